The molecule has 2 aromatic carbocycles. The highest BCUT2D eigenvalue weighted by molar-refractivity contribution is 7.92. The third-order valence-corrected chi connectivity index (χ3v) is 5.41. The first-order chi connectivity index (χ1) is 12.1. The van der Waals surface area contributed by atoms with E-state index in [0.29, 0.717) is 16.6 Å². The molecule has 0 saturated carbocycles. The van der Waals surface area contributed by atoms with Crippen LogP contribution in [0, 0.1) is 0 Å². The lowest BCUT2D eigenvalue weighted by molar-refractivity contribution is -0.114. The maximum atomic E-state index is 12.4. The number of halogens is 2. The maximum absolute atomic E-state index is 12.4. The van der Waals surface area contributed by atoms with Crippen LogP contribution in [0.3, 0.4) is 0 Å². The van der Waals surface area contributed by atoms with Crippen molar-refractivity contribution in [2.75, 3.05) is 22.4 Å². The number of carbonyl (C=O) groups excluding carboxylic acids is 1. The van der Waals surface area contributed by atoms with Gasteiger partial charge in [0, 0.05) is 10.7 Å². The highest BCUT2D eigenvalue weighted by atomic mass is 35.5. The predicted molar refractivity (Wildman–Crippen MR) is 108 cm³/mol. The van der Waals surface area contributed by atoms with Gasteiger partial charge in [-0.25, -0.2) is 8.42 Å². The van der Waals surface area contributed by atoms with Crippen LogP contribution in [0.2, 0.25) is 10.0 Å². The van der Waals surface area contributed by atoms with Crippen molar-refractivity contribution in [2.24, 2.45) is 0 Å². The van der Waals surface area contributed by atoms with E-state index in [1.54, 1.807) is 18.2 Å². The quantitative estimate of drug-likeness (QED) is 0.754. The molecule has 0 bridgehead atoms. The van der Waals surface area contributed by atoms with Gasteiger partial charge in [0.1, 0.15) is 6.54 Å². The molecule has 1 amide bonds. The standard InChI is InChI=1S/C18H20Cl2N2O3S/c1-12(2)13-4-7-15(8-5-13)21-18(23)11-22(26(3,24)25)17-10-14(19)6-9-16(17)20/h4-10,12H,11H2,1-3H3,(H,21,23). The first-order valence-electron chi connectivity index (χ1n) is 7.90. The Morgan fingerprint density at radius 3 is 2.27 bits per heavy atom. The summed E-state index contributed by atoms with van der Waals surface area (Å²) in [6.07, 6.45) is 1.01. The number of nitrogens with one attached hydrogen (secondary N) is 1. The van der Waals surface area contributed by atoms with E-state index in [1.165, 1.54) is 12.1 Å². The second-order valence-corrected chi connectivity index (χ2v) is 8.94. The van der Waals surface area contributed by atoms with Gasteiger partial charge in [0.2, 0.25) is 15.9 Å². The van der Waals surface area contributed by atoms with E-state index >= 15 is 0 Å². The Kier molecular flexibility index (Phi) is 6.55. The Morgan fingerprint density at radius 2 is 1.73 bits per heavy atom. The summed E-state index contributed by atoms with van der Waals surface area (Å²) in [5, 5.41) is 3.20. The molecular weight excluding hydrogens is 395 g/mol. The summed E-state index contributed by atoms with van der Waals surface area (Å²) < 4.78 is 25.2. The Bertz CT molecular complexity index is 897. The van der Waals surface area contributed by atoms with Crippen LogP contribution in [-0.4, -0.2) is 27.1 Å². The van der Waals surface area contributed by atoms with E-state index in [2.05, 4.69) is 19.2 Å². The van der Waals surface area contributed by atoms with E-state index in [9.17, 15) is 13.2 Å². The predicted octanol–water partition coefficient (Wildman–Crippen LogP) is 4.52. The lowest BCUT2D eigenvalue weighted by Crippen LogP contribution is -2.37. The SMILES string of the molecule is CC(C)c1ccc(NC(=O)CN(c2cc(Cl)ccc2Cl)S(C)(=O)=O)cc1. The molecule has 2 aromatic rings. The fourth-order valence-corrected chi connectivity index (χ4v) is 3.64. The van der Waals surface area contributed by atoms with Crippen molar-refractivity contribution in [1.29, 1.82) is 0 Å². The average Bonchev–Trinajstić information content (AvgIpc) is 2.54. The van der Waals surface area contributed by atoms with Gasteiger partial charge in [0.05, 0.1) is 17.0 Å². The molecule has 0 heterocycles. The fourth-order valence-electron chi connectivity index (χ4n) is 2.34. The summed E-state index contributed by atoms with van der Waals surface area (Å²) in [6, 6.07) is 11.8. The Labute approximate surface area is 164 Å². The molecule has 0 aliphatic heterocycles. The molecule has 0 aliphatic carbocycles. The van der Waals surface area contributed by atoms with E-state index in [0.717, 1.165) is 16.1 Å². The number of anilines is 2. The number of hydrogen-bond donors (Lipinski definition) is 1. The minimum atomic E-state index is -3.73. The molecule has 0 aromatic heterocycles. The first-order valence-corrected chi connectivity index (χ1v) is 10.5. The zero-order chi connectivity index (χ0) is 19.5. The van der Waals surface area contributed by atoms with Gasteiger partial charge in [-0.3, -0.25) is 9.10 Å². The van der Waals surface area contributed by atoms with Crippen molar-refractivity contribution in [3.05, 3.63) is 58.1 Å². The number of amides is 1. The van der Waals surface area contributed by atoms with Crippen LogP contribution in [-0.2, 0) is 14.8 Å². The molecule has 0 saturated heterocycles. The number of nitrogens with zero attached hydrogens (tertiary/aromatic N) is 1. The van der Waals surface area contributed by atoms with Crippen molar-refractivity contribution in [2.45, 2.75) is 19.8 Å². The Morgan fingerprint density at radius 1 is 1.12 bits per heavy atom. The van der Waals surface area contributed by atoms with Gasteiger partial charge < -0.3 is 5.32 Å². The molecule has 140 valence electrons. The van der Waals surface area contributed by atoms with Crippen LogP contribution in [0.15, 0.2) is 42.5 Å². The maximum Gasteiger partial charge on any atom is 0.245 e. The first kappa shape index (κ1) is 20.6. The second-order valence-electron chi connectivity index (χ2n) is 6.19. The third kappa shape index (κ3) is 5.37. The zero-order valence-electron chi connectivity index (χ0n) is 14.7. The lowest BCUT2D eigenvalue weighted by atomic mass is 10.0. The minimum Gasteiger partial charge on any atom is -0.325 e. The van der Waals surface area contributed by atoms with Crippen LogP contribution < -0.4 is 9.62 Å². The molecule has 0 radical (unpaired) electrons. The molecule has 0 unspecified atom stereocenters. The van der Waals surface area contributed by atoms with E-state index in [4.69, 9.17) is 23.2 Å². The smallest absolute Gasteiger partial charge is 0.245 e. The van der Waals surface area contributed by atoms with E-state index in [-0.39, 0.29) is 10.7 Å². The van der Waals surface area contributed by atoms with Crippen molar-refractivity contribution in [3.8, 4) is 0 Å². The number of carbonyl (C=O) groups is 1. The molecule has 5 nitrogen and oxygen atoms in total. The summed E-state index contributed by atoms with van der Waals surface area (Å²) in [5.41, 5.74) is 1.89. The number of benzene rings is 2. The normalized spacial score (nSPS) is 11.5. The van der Waals surface area contributed by atoms with Gasteiger partial charge in [-0.1, -0.05) is 49.2 Å². The second kappa shape index (κ2) is 8.29. The molecule has 26 heavy (non-hydrogen) atoms. The average molecular weight is 415 g/mol. The van der Waals surface area contributed by atoms with E-state index in [1.807, 2.05) is 12.1 Å². The summed E-state index contributed by atoms with van der Waals surface area (Å²) in [4.78, 5) is 12.4. The number of rotatable bonds is 6. The highest BCUT2D eigenvalue weighted by Gasteiger charge is 2.23. The fraction of sp³-hybridized carbons (Fsp3) is 0.278. The van der Waals surface area contributed by atoms with Crippen molar-refractivity contribution in [1.82, 2.24) is 0 Å². The minimum absolute atomic E-state index is 0.159. The zero-order valence-corrected chi connectivity index (χ0v) is 17.0. The Hall–Kier alpha value is -1.76. The summed E-state index contributed by atoms with van der Waals surface area (Å²) in [5.74, 6) is -0.103. The van der Waals surface area contributed by atoms with Gasteiger partial charge in [-0.2, -0.15) is 0 Å². The number of sulfonamides is 1. The lowest BCUT2D eigenvalue weighted by Gasteiger charge is -2.23. The molecule has 8 heteroatoms. The summed E-state index contributed by atoms with van der Waals surface area (Å²) >= 11 is 12.0. The molecule has 0 spiro atoms. The molecule has 1 N–H and O–H groups in total. The molecule has 2 rings (SSSR count). The van der Waals surface area contributed by atoms with Gasteiger partial charge in [0.15, 0.2) is 0 Å². The molecule has 0 fully saturated rings. The van der Waals surface area contributed by atoms with E-state index < -0.39 is 22.5 Å². The van der Waals surface area contributed by atoms with Gasteiger partial charge in [-0.05, 0) is 41.8 Å². The molecule has 0 aliphatic rings. The van der Waals surface area contributed by atoms with Gasteiger partial charge in [-0.15, -0.1) is 0 Å². The van der Waals surface area contributed by atoms with Crippen LogP contribution in [0.1, 0.15) is 25.3 Å². The largest absolute Gasteiger partial charge is 0.325 e. The Balaban J connectivity index is 2.21. The van der Waals surface area contributed by atoms with Crippen molar-refractivity contribution >= 4 is 50.5 Å². The van der Waals surface area contributed by atoms with Crippen molar-refractivity contribution < 1.29 is 13.2 Å². The van der Waals surface area contributed by atoms with Gasteiger partial charge >= 0.3 is 0 Å². The summed E-state index contributed by atoms with van der Waals surface area (Å²) in [6.45, 7) is 3.74. The summed E-state index contributed by atoms with van der Waals surface area (Å²) in [7, 11) is -3.73. The molecule has 0 atom stereocenters. The van der Waals surface area contributed by atoms with Crippen LogP contribution >= 0.6 is 23.2 Å². The van der Waals surface area contributed by atoms with Crippen molar-refractivity contribution in [3.63, 3.8) is 0 Å². The third-order valence-electron chi connectivity index (χ3n) is 3.73. The van der Waals surface area contributed by atoms with Crippen LogP contribution in [0.5, 0.6) is 0 Å². The molecular formula is C18H20Cl2N2O3S. The van der Waals surface area contributed by atoms with Crippen LogP contribution in [0.4, 0.5) is 11.4 Å². The number of hydrogen-bond acceptors (Lipinski definition) is 3. The highest BCUT2D eigenvalue weighted by Crippen LogP contribution is 2.30. The monoisotopic (exact) mass is 414 g/mol. The topological polar surface area (TPSA) is 66.5 Å². The van der Waals surface area contributed by atoms with Crippen LogP contribution in [0.25, 0.3) is 0 Å². The van der Waals surface area contributed by atoms with Gasteiger partial charge in [0.25, 0.3) is 0 Å².